The number of rotatable bonds is 5. The van der Waals surface area contributed by atoms with E-state index in [-0.39, 0.29) is 6.29 Å². The van der Waals surface area contributed by atoms with E-state index in [1.54, 1.807) is 0 Å². The minimum Gasteiger partial charge on any atom is -0.509 e. The third kappa shape index (κ3) is 3.65. The molecular formula is C8H12O6. The molecule has 0 aromatic carbocycles. The fourth-order valence-corrected chi connectivity index (χ4v) is 0.736. The van der Waals surface area contributed by atoms with E-state index in [4.69, 9.17) is 20.4 Å². The Morgan fingerprint density at radius 3 is 2.14 bits per heavy atom. The highest BCUT2D eigenvalue weighted by Crippen LogP contribution is 2.06. The molecule has 0 aliphatic carbocycles. The maximum Gasteiger partial charge on any atom is 0.156 e. The Bertz CT molecular complexity index is 246. The molecule has 0 heterocycles. The molecule has 0 spiro atoms. The number of carbonyl (C=O) groups excluding carboxylic acids is 2. The van der Waals surface area contributed by atoms with E-state index < -0.39 is 29.9 Å². The Labute approximate surface area is 80.1 Å². The molecule has 3 unspecified atom stereocenters. The van der Waals surface area contributed by atoms with E-state index in [1.807, 2.05) is 0 Å². The molecule has 6 heteroatoms. The van der Waals surface area contributed by atoms with Gasteiger partial charge >= 0.3 is 0 Å². The summed E-state index contributed by atoms with van der Waals surface area (Å²) in [6.07, 6.45) is -4.84. The number of aldehydes is 1. The second-order valence-electron chi connectivity index (χ2n) is 2.74. The van der Waals surface area contributed by atoms with Gasteiger partial charge in [0.1, 0.15) is 24.1 Å². The van der Waals surface area contributed by atoms with Gasteiger partial charge in [-0.05, 0) is 6.92 Å². The van der Waals surface area contributed by atoms with Crippen LogP contribution in [0.2, 0.25) is 0 Å². The summed E-state index contributed by atoms with van der Waals surface area (Å²) >= 11 is 0. The zero-order chi connectivity index (χ0) is 11.3. The van der Waals surface area contributed by atoms with E-state index in [0.29, 0.717) is 6.08 Å². The van der Waals surface area contributed by atoms with E-state index >= 15 is 0 Å². The molecule has 4 N–H and O–H groups in total. The van der Waals surface area contributed by atoms with Crippen LogP contribution in [-0.2, 0) is 9.59 Å². The lowest BCUT2D eigenvalue weighted by Crippen LogP contribution is -2.39. The summed E-state index contributed by atoms with van der Waals surface area (Å²) in [5.41, 5.74) is 0. The van der Waals surface area contributed by atoms with Gasteiger partial charge in [0, 0.05) is 6.08 Å². The lowest BCUT2D eigenvalue weighted by Gasteiger charge is -2.18. The first-order chi connectivity index (χ1) is 6.40. The van der Waals surface area contributed by atoms with Crippen molar-refractivity contribution >= 4 is 12.1 Å². The fourth-order valence-electron chi connectivity index (χ4n) is 0.736. The van der Waals surface area contributed by atoms with Crippen LogP contribution in [0.4, 0.5) is 0 Å². The maximum atomic E-state index is 10.5. The van der Waals surface area contributed by atoms with Crippen molar-refractivity contribution in [2.75, 3.05) is 0 Å². The molecule has 0 aliphatic rings. The third-order valence-corrected chi connectivity index (χ3v) is 1.47. The molecule has 0 saturated carbocycles. The average molecular weight is 204 g/mol. The predicted octanol–water partition coefficient (Wildman–Crippen LogP) is -1.70. The number of allylic oxidation sites excluding steroid dienone is 1. The summed E-state index contributed by atoms with van der Waals surface area (Å²) in [5.74, 6) is -1.33. The highest BCUT2D eigenvalue weighted by atomic mass is 16.4. The summed E-state index contributed by atoms with van der Waals surface area (Å²) < 4.78 is 0. The summed E-state index contributed by atoms with van der Waals surface area (Å²) in [6.45, 7) is 1.13. The standard InChI is InChI=1S/C8H12O6/c1-4(10)2-5(11)7(13)8(14)6(12)3-9/h2-3,6-8,11-14H,1H3. The van der Waals surface area contributed by atoms with Gasteiger partial charge in [0.15, 0.2) is 12.1 Å². The van der Waals surface area contributed by atoms with Crippen molar-refractivity contribution in [2.45, 2.75) is 25.2 Å². The monoisotopic (exact) mass is 204 g/mol. The minimum absolute atomic E-state index is 0.00886. The summed E-state index contributed by atoms with van der Waals surface area (Å²) in [5, 5.41) is 35.9. The van der Waals surface area contributed by atoms with Crippen molar-refractivity contribution in [1.82, 2.24) is 0 Å². The third-order valence-electron chi connectivity index (χ3n) is 1.47. The first-order valence-corrected chi connectivity index (χ1v) is 3.80. The van der Waals surface area contributed by atoms with Crippen LogP contribution in [0.25, 0.3) is 0 Å². The van der Waals surface area contributed by atoms with Crippen LogP contribution in [0.3, 0.4) is 0 Å². The van der Waals surface area contributed by atoms with Crippen molar-refractivity contribution in [3.63, 3.8) is 0 Å². The quantitative estimate of drug-likeness (QED) is 0.241. The van der Waals surface area contributed by atoms with Crippen molar-refractivity contribution < 1.29 is 30.0 Å². The van der Waals surface area contributed by atoms with Gasteiger partial charge in [-0.3, -0.25) is 4.79 Å². The van der Waals surface area contributed by atoms with Crippen molar-refractivity contribution in [3.8, 4) is 0 Å². The van der Waals surface area contributed by atoms with E-state index in [2.05, 4.69) is 0 Å². The molecule has 0 rings (SSSR count). The van der Waals surface area contributed by atoms with Gasteiger partial charge in [-0.15, -0.1) is 0 Å². The lowest BCUT2D eigenvalue weighted by molar-refractivity contribution is -0.125. The second kappa shape index (κ2) is 5.48. The van der Waals surface area contributed by atoms with Gasteiger partial charge < -0.3 is 25.2 Å². The lowest BCUT2D eigenvalue weighted by atomic mass is 10.1. The van der Waals surface area contributed by atoms with Gasteiger partial charge in [-0.25, -0.2) is 0 Å². The van der Waals surface area contributed by atoms with Crippen LogP contribution < -0.4 is 0 Å². The van der Waals surface area contributed by atoms with E-state index in [1.165, 1.54) is 0 Å². The molecule has 14 heavy (non-hydrogen) atoms. The SMILES string of the molecule is CC(=O)C=C(O)C(O)C(O)C(O)C=O. The normalized spacial score (nSPS) is 18.4. The Morgan fingerprint density at radius 2 is 1.79 bits per heavy atom. The number of hydrogen-bond donors (Lipinski definition) is 4. The van der Waals surface area contributed by atoms with Crippen molar-refractivity contribution in [2.24, 2.45) is 0 Å². The summed E-state index contributed by atoms with van der Waals surface area (Å²) in [4.78, 5) is 20.5. The molecule has 0 saturated heterocycles. The van der Waals surface area contributed by atoms with E-state index in [9.17, 15) is 9.59 Å². The zero-order valence-corrected chi connectivity index (χ0v) is 7.49. The Kier molecular flexibility index (Phi) is 5.00. The molecule has 0 amide bonds. The largest absolute Gasteiger partial charge is 0.509 e. The number of aliphatic hydroxyl groups excluding tert-OH is 4. The van der Waals surface area contributed by atoms with Gasteiger partial charge in [0.2, 0.25) is 0 Å². The maximum absolute atomic E-state index is 10.5. The molecular weight excluding hydrogens is 192 g/mol. The minimum atomic E-state index is -1.86. The smallest absolute Gasteiger partial charge is 0.156 e. The number of aliphatic hydroxyl groups is 4. The number of hydrogen-bond acceptors (Lipinski definition) is 6. The first-order valence-electron chi connectivity index (χ1n) is 3.80. The van der Waals surface area contributed by atoms with Crippen LogP contribution in [0, 0.1) is 0 Å². The topological polar surface area (TPSA) is 115 Å². The Balaban J connectivity index is 4.52. The van der Waals surface area contributed by atoms with Gasteiger partial charge in [-0.2, -0.15) is 0 Å². The molecule has 0 aromatic heterocycles. The van der Waals surface area contributed by atoms with Crippen LogP contribution in [-0.4, -0.2) is 50.8 Å². The zero-order valence-electron chi connectivity index (χ0n) is 7.49. The first kappa shape index (κ1) is 12.8. The molecule has 80 valence electrons. The van der Waals surface area contributed by atoms with Crippen LogP contribution >= 0.6 is 0 Å². The predicted molar refractivity (Wildman–Crippen MR) is 45.5 cm³/mol. The summed E-state index contributed by atoms with van der Waals surface area (Å²) in [7, 11) is 0. The van der Waals surface area contributed by atoms with Crippen LogP contribution in [0.5, 0.6) is 0 Å². The Hall–Kier alpha value is -1.24. The van der Waals surface area contributed by atoms with Gasteiger partial charge in [0.05, 0.1) is 0 Å². The number of ketones is 1. The second-order valence-corrected chi connectivity index (χ2v) is 2.74. The molecule has 0 aromatic rings. The van der Waals surface area contributed by atoms with Crippen molar-refractivity contribution in [3.05, 3.63) is 11.8 Å². The molecule has 6 nitrogen and oxygen atoms in total. The van der Waals surface area contributed by atoms with E-state index in [0.717, 1.165) is 6.92 Å². The van der Waals surface area contributed by atoms with Crippen LogP contribution in [0.1, 0.15) is 6.92 Å². The highest BCUT2D eigenvalue weighted by molar-refractivity contribution is 5.87. The van der Waals surface area contributed by atoms with Gasteiger partial charge in [0.25, 0.3) is 0 Å². The highest BCUT2D eigenvalue weighted by Gasteiger charge is 2.27. The molecule has 0 fully saturated rings. The fraction of sp³-hybridized carbons (Fsp3) is 0.500. The molecule has 0 aliphatic heterocycles. The Morgan fingerprint density at radius 1 is 1.29 bits per heavy atom. The number of carbonyl (C=O) groups is 2. The molecule has 0 bridgehead atoms. The average Bonchev–Trinajstić information content (AvgIpc) is 2.13. The molecule has 0 radical (unpaired) electrons. The van der Waals surface area contributed by atoms with Crippen LogP contribution in [0.15, 0.2) is 11.8 Å². The van der Waals surface area contributed by atoms with Gasteiger partial charge in [-0.1, -0.05) is 0 Å². The molecule has 3 atom stereocenters. The van der Waals surface area contributed by atoms with Crippen molar-refractivity contribution in [1.29, 1.82) is 0 Å². The summed E-state index contributed by atoms with van der Waals surface area (Å²) in [6, 6.07) is 0.